The number of carbonyl (C=O) groups excluding carboxylic acids is 2. The molecule has 1 rings (SSSR count). The van der Waals surface area contributed by atoms with Crippen LogP contribution in [0.25, 0.3) is 0 Å². The minimum absolute atomic E-state index is 0.0687. The molecule has 6 heteroatoms. The Bertz CT molecular complexity index is 395. The highest BCUT2D eigenvalue weighted by Crippen LogP contribution is 2.11. The largest absolute Gasteiger partial charge is 0.453 e. The Morgan fingerprint density at radius 3 is 2.69 bits per heavy atom. The molecule has 2 amide bonds. The SMILES string of the molecule is COC(=O)NCC(=O)Nc1ccccc1F. The van der Waals surface area contributed by atoms with Crippen LogP contribution in [-0.2, 0) is 9.53 Å². The topological polar surface area (TPSA) is 67.4 Å². The summed E-state index contributed by atoms with van der Waals surface area (Å²) in [5.41, 5.74) is 0.0687. The van der Waals surface area contributed by atoms with Crippen LogP contribution in [0.15, 0.2) is 24.3 Å². The number of hydrogen-bond donors (Lipinski definition) is 2. The van der Waals surface area contributed by atoms with E-state index in [9.17, 15) is 14.0 Å². The Balaban J connectivity index is 2.46. The van der Waals surface area contributed by atoms with E-state index in [4.69, 9.17) is 0 Å². The Hall–Kier alpha value is -2.11. The lowest BCUT2D eigenvalue weighted by atomic mass is 10.3. The standard InChI is InChI=1S/C10H11FN2O3/c1-16-10(15)12-6-9(14)13-8-5-3-2-4-7(8)11/h2-5H,6H2,1H3,(H,12,15)(H,13,14). The highest BCUT2D eigenvalue weighted by Gasteiger charge is 2.07. The number of halogens is 1. The first-order chi connectivity index (χ1) is 7.63. The maximum Gasteiger partial charge on any atom is 0.407 e. The number of nitrogens with one attached hydrogen (secondary N) is 2. The van der Waals surface area contributed by atoms with E-state index in [1.165, 1.54) is 25.3 Å². The molecule has 1 aromatic carbocycles. The number of alkyl carbamates (subject to hydrolysis) is 1. The average molecular weight is 226 g/mol. The van der Waals surface area contributed by atoms with Crippen molar-refractivity contribution in [2.24, 2.45) is 0 Å². The van der Waals surface area contributed by atoms with Crippen molar-refractivity contribution >= 4 is 17.7 Å². The lowest BCUT2D eigenvalue weighted by Crippen LogP contribution is -2.32. The second-order valence-corrected chi connectivity index (χ2v) is 2.87. The molecule has 0 heterocycles. The smallest absolute Gasteiger partial charge is 0.407 e. The Kier molecular flexibility index (Phi) is 4.26. The normalized spacial score (nSPS) is 9.38. The van der Waals surface area contributed by atoms with Crippen molar-refractivity contribution in [3.05, 3.63) is 30.1 Å². The molecule has 0 saturated carbocycles. The van der Waals surface area contributed by atoms with Gasteiger partial charge >= 0.3 is 6.09 Å². The van der Waals surface area contributed by atoms with E-state index < -0.39 is 17.8 Å². The third kappa shape index (κ3) is 3.56. The molecule has 0 spiro atoms. The number of anilines is 1. The van der Waals surface area contributed by atoms with Gasteiger partial charge in [0.25, 0.3) is 0 Å². The molecule has 16 heavy (non-hydrogen) atoms. The summed E-state index contributed by atoms with van der Waals surface area (Å²) < 4.78 is 17.4. The van der Waals surface area contributed by atoms with Gasteiger partial charge in [0.1, 0.15) is 12.4 Å². The summed E-state index contributed by atoms with van der Waals surface area (Å²) in [6, 6.07) is 5.75. The summed E-state index contributed by atoms with van der Waals surface area (Å²) in [7, 11) is 1.18. The van der Waals surface area contributed by atoms with E-state index in [0.29, 0.717) is 0 Å². The predicted octanol–water partition coefficient (Wildman–Crippen LogP) is 1.12. The molecule has 0 radical (unpaired) electrons. The zero-order valence-electron chi connectivity index (χ0n) is 8.62. The third-order valence-corrected chi connectivity index (χ3v) is 1.73. The van der Waals surface area contributed by atoms with Crippen LogP contribution in [0.2, 0.25) is 0 Å². The Labute approximate surface area is 91.6 Å². The zero-order valence-corrected chi connectivity index (χ0v) is 8.62. The molecule has 0 unspecified atom stereocenters. The summed E-state index contributed by atoms with van der Waals surface area (Å²) >= 11 is 0. The van der Waals surface area contributed by atoms with Gasteiger partial charge in [0.15, 0.2) is 0 Å². The molecule has 0 aliphatic heterocycles. The molecule has 2 N–H and O–H groups in total. The summed E-state index contributed by atoms with van der Waals surface area (Å²) in [4.78, 5) is 21.9. The van der Waals surface area contributed by atoms with Crippen LogP contribution in [0, 0.1) is 5.82 Å². The van der Waals surface area contributed by atoms with Crippen LogP contribution in [0.4, 0.5) is 14.9 Å². The zero-order chi connectivity index (χ0) is 12.0. The molecule has 0 bridgehead atoms. The summed E-state index contributed by atoms with van der Waals surface area (Å²) in [5.74, 6) is -1.07. The minimum Gasteiger partial charge on any atom is -0.453 e. The quantitative estimate of drug-likeness (QED) is 0.811. The second kappa shape index (κ2) is 5.69. The molecule has 0 fully saturated rings. The number of ether oxygens (including phenoxy) is 1. The predicted molar refractivity (Wildman–Crippen MR) is 55.4 cm³/mol. The van der Waals surface area contributed by atoms with E-state index in [-0.39, 0.29) is 12.2 Å². The van der Waals surface area contributed by atoms with Gasteiger partial charge in [0, 0.05) is 0 Å². The molecular weight excluding hydrogens is 215 g/mol. The molecule has 5 nitrogen and oxygen atoms in total. The highest BCUT2D eigenvalue weighted by molar-refractivity contribution is 5.93. The number of rotatable bonds is 3. The summed E-state index contributed by atoms with van der Waals surface area (Å²) in [6.07, 6.45) is -0.719. The fraction of sp³-hybridized carbons (Fsp3) is 0.200. The number of carbonyl (C=O) groups is 2. The number of benzene rings is 1. The van der Waals surface area contributed by atoms with Crippen molar-refractivity contribution in [1.82, 2.24) is 5.32 Å². The van der Waals surface area contributed by atoms with Crippen LogP contribution in [0.5, 0.6) is 0 Å². The molecule has 0 atom stereocenters. The highest BCUT2D eigenvalue weighted by atomic mass is 19.1. The van der Waals surface area contributed by atoms with E-state index in [1.54, 1.807) is 6.07 Å². The molecule has 0 aromatic heterocycles. The first kappa shape index (κ1) is 12.0. The van der Waals surface area contributed by atoms with Crippen LogP contribution < -0.4 is 10.6 Å². The van der Waals surface area contributed by atoms with E-state index in [0.717, 1.165) is 0 Å². The van der Waals surface area contributed by atoms with Crippen LogP contribution in [0.1, 0.15) is 0 Å². The van der Waals surface area contributed by atoms with Crippen LogP contribution in [0.3, 0.4) is 0 Å². The van der Waals surface area contributed by atoms with Gasteiger partial charge in [-0.2, -0.15) is 0 Å². The summed E-state index contributed by atoms with van der Waals surface area (Å²) in [5, 5.41) is 4.48. The number of methoxy groups -OCH3 is 1. The van der Waals surface area contributed by atoms with Gasteiger partial charge in [-0.1, -0.05) is 12.1 Å². The van der Waals surface area contributed by atoms with Gasteiger partial charge in [-0.15, -0.1) is 0 Å². The van der Waals surface area contributed by atoms with E-state index in [2.05, 4.69) is 15.4 Å². The van der Waals surface area contributed by atoms with Crippen LogP contribution >= 0.6 is 0 Å². The van der Waals surface area contributed by atoms with Crippen molar-refractivity contribution in [1.29, 1.82) is 0 Å². The van der Waals surface area contributed by atoms with E-state index in [1.807, 2.05) is 0 Å². The third-order valence-electron chi connectivity index (χ3n) is 1.73. The monoisotopic (exact) mass is 226 g/mol. The first-order valence-corrected chi connectivity index (χ1v) is 4.49. The van der Waals surface area contributed by atoms with Gasteiger partial charge in [-0.05, 0) is 12.1 Å². The van der Waals surface area contributed by atoms with Gasteiger partial charge < -0.3 is 15.4 Å². The molecule has 0 aliphatic carbocycles. The van der Waals surface area contributed by atoms with Crippen molar-refractivity contribution in [2.45, 2.75) is 0 Å². The second-order valence-electron chi connectivity index (χ2n) is 2.87. The van der Waals surface area contributed by atoms with Crippen molar-refractivity contribution in [3.8, 4) is 0 Å². The van der Waals surface area contributed by atoms with Crippen molar-refractivity contribution < 1.29 is 18.7 Å². The Morgan fingerprint density at radius 2 is 2.06 bits per heavy atom. The Morgan fingerprint density at radius 1 is 1.38 bits per heavy atom. The lowest BCUT2D eigenvalue weighted by molar-refractivity contribution is -0.115. The van der Waals surface area contributed by atoms with Crippen molar-refractivity contribution in [3.63, 3.8) is 0 Å². The number of amides is 2. The van der Waals surface area contributed by atoms with Gasteiger partial charge in [0.05, 0.1) is 12.8 Å². The average Bonchev–Trinajstić information content (AvgIpc) is 2.29. The molecule has 0 aliphatic rings. The fourth-order valence-electron chi connectivity index (χ4n) is 0.982. The first-order valence-electron chi connectivity index (χ1n) is 4.49. The molecule has 1 aromatic rings. The van der Waals surface area contributed by atoms with Gasteiger partial charge in [0.2, 0.25) is 5.91 Å². The maximum atomic E-state index is 13.1. The molecular formula is C10H11FN2O3. The van der Waals surface area contributed by atoms with E-state index >= 15 is 0 Å². The van der Waals surface area contributed by atoms with Gasteiger partial charge in [-0.3, -0.25) is 4.79 Å². The maximum absolute atomic E-state index is 13.1. The van der Waals surface area contributed by atoms with Gasteiger partial charge in [-0.25, -0.2) is 9.18 Å². The summed E-state index contributed by atoms with van der Waals surface area (Å²) in [6.45, 7) is -0.277. The number of para-hydroxylation sites is 1. The van der Waals surface area contributed by atoms with Crippen molar-refractivity contribution in [2.75, 3.05) is 19.0 Å². The molecule has 86 valence electrons. The fourth-order valence-corrected chi connectivity index (χ4v) is 0.982. The molecule has 0 saturated heterocycles. The lowest BCUT2D eigenvalue weighted by Gasteiger charge is -2.06. The minimum atomic E-state index is -0.719. The number of hydrogen-bond acceptors (Lipinski definition) is 3. The van der Waals surface area contributed by atoms with Crippen LogP contribution in [-0.4, -0.2) is 25.7 Å².